The van der Waals surface area contributed by atoms with Gasteiger partial charge in [-0.1, -0.05) is 74.9 Å². The first-order chi connectivity index (χ1) is 18.1. The molecule has 1 saturated carbocycles. The second-order valence-electron chi connectivity index (χ2n) is 11.1. The highest BCUT2D eigenvalue weighted by molar-refractivity contribution is 5.86. The third-order valence-corrected chi connectivity index (χ3v) is 8.22. The van der Waals surface area contributed by atoms with E-state index in [1.807, 2.05) is 0 Å². The number of benzene rings is 2. The van der Waals surface area contributed by atoms with E-state index in [0.717, 1.165) is 52.4 Å². The largest absolute Gasteiger partial charge is 0.395 e. The van der Waals surface area contributed by atoms with Crippen LogP contribution in [0.25, 0.3) is 33.6 Å². The Morgan fingerprint density at radius 2 is 1.76 bits per heavy atom. The molecule has 0 unspecified atom stereocenters. The summed E-state index contributed by atoms with van der Waals surface area (Å²) in [5.41, 5.74) is 10.8. The highest BCUT2D eigenvalue weighted by Gasteiger charge is 2.38. The van der Waals surface area contributed by atoms with Crippen LogP contribution in [0.2, 0.25) is 0 Å². The van der Waals surface area contributed by atoms with Crippen molar-refractivity contribution in [1.29, 1.82) is 0 Å². The van der Waals surface area contributed by atoms with Gasteiger partial charge in [-0.05, 0) is 60.6 Å². The highest BCUT2D eigenvalue weighted by atomic mass is 16.3. The van der Waals surface area contributed by atoms with Crippen LogP contribution in [0.5, 0.6) is 0 Å². The van der Waals surface area contributed by atoms with Gasteiger partial charge < -0.3 is 10.4 Å². The van der Waals surface area contributed by atoms with Crippen molar-refractivity contribution in [2.24, 2.45) is 5.92 Å². The Kier molecular flexibility index (Phi) is 6.33. The van der Waals surface area contributed by atoms with Crippen LogP contribution in [-0.4, -0.2) is 33.4 Å². The standard InChI is InChI=1S/C32H36N4O/c1-21(2)20-32(15-6-16-32)24-11-9-23(10-12-24)29-26(22-7-4-3-5-8-22)19-27-28(34-29)14-13-25-30(27)35-36-31(25)33-17-18-37/h3-5,7-12,19,21,37H,6,13-18,20H2,1-2H3,(H2,33,35,36). The third-order valence-electron chi connectivity index (χ3n) is 8.22. The molecule has 4 aromatic rings. The van der Waals surface area contributed by atoms with Gasteiger partial charge in [-0.25, -0.2) is 0 Å². The lowest BCUT2D eigenvalue weighted by Gasteiger charge is -2.44. The SMILES string of the molecule is CC(C)CC1(c2ccc(-c3nc4c(cc3-c3ccccc3)-c3[nH]nc(NCCO)c3CC4)cc2)CCC1. The van der Waals surface area contributed by atoms with Crippen LogP contribution < -0.4 is 5.32 Å². The number of aryl methyl sites for hydroxylation is 1. The normalized spacial score (nSPS) is 15.7. The van der Waals surface area contributed by atoms with Gasteiger partial charge in [0.15, 0.2) is 5.82 Å². The molecule has 5 nitrogen and oxygen atoms in total. The van der Waals surface area contributed by atoms with Crippen LogP contribution >= 0.6 is 0 Å². The topological polar surface area (TPSA) is 73.8 Å². The summed E-state index contributed by atoms with van der Waals surface area (Å²) < 4.78 is 0. The van der Waals surface area contributed by atoms with Crippen LogP contribution in [0.4, 0.5) is 5.82 Å². The Hall–Kier alpha value is -3.44. The molecule has 0 radical (unpaired) electrons. The van der Waals surface area contributed by atoms with Crippen LogP contribution in [0.15, 0.2) is 60.7 Å². The van der Waals surface area contributed by atoms with Gasteiger partial charge in [0.25, 0.3) is 0 Å². The number of aromatic amines is 1. The van der Waals surface area contributed by atoms with Crippen LogP contribution in [0.1, 0.15) is 56.4 Å². The summed E-state index contributed by atoms with van der Waals surface area (Å²) in [6.45, 7) is 5.26. The number of hydrogen-bond donors (Lipinski definition) is 3. The molecule has 0 atom stereocenters. The number of hydrogen-bond acceptors (Lipinski definition) is 4. The van der Waals surface area contributed by atoms with Crippen molar-refractivity contribution in [2.75, 3.05) is 18.5 Å². The molecule has 0 saturated heterocycles. The molecule has 2 aliphatic rings. The van der Waals surface area contributed by atoms with Crippen molar-refractivity contribution < 1.29 is 5.11 Å². The van der Waals surface area contributed by atoms with Gasteiger partial charge >= 0.3 is 0 Å². The predicted octanol–water partition coefficient (Wildman–Crippen LogP) is 6.78. The molecule has 1 fully saturated rings. The fourth-order valence-electron chi connectivity index (χ4n) is 6.39. The number of anilines is 1. The van der Waals surface area contributed by atoms with Gasteiger partial charge in [0.2, 0.25) is 0 Å². The van der Waals surface area contributed by atoms with Crippen molar-refractivity contribution >= 4 is 5.82 Å². The second-order valence-corrected chi connectivity index (χ2v) is 11.1. The quantitative estimate of drug-likeness (QED) is 0.254. The summed E-state index contributed by atoms with van der Waals surface area (Å²) >= 11 is 0. The minimum atomic E-state index is 0.0820. The van der Waals surface area contributed by atoms with E-state index >= 15 is 0 Å². The van der Waals surface area contributed by atoms with E-state index in [1.54, 1.807) is 0 Å². The maximum atomic E-state index is 9.23. The van der Waals surface area contributed by atoms with Crippen LogP contribution in [0, 0.1) is 5.92 Å². The lowest BCUT2D eigenvalue weighted by Crippen LogP contribution is -2.35. The number of nitrogens with zero attached hydrogens (tertiary/aromatic N) is 2. The number of H-pyrrole nitrogens is 1. The van der Waals surface area contributed by atoms with Crippen molar-refractivity contribution in [3.05, 3.63) is 77.5 Å². The minimum absolute atomic E-state index is 0.0820. The van der Waals surface area contributed by atoms with E-state index in [-0.39, 0.29) is 6.61 Å². The number of pyridine rings is 1. The average Bonchev–Trinajstić information content (AvgIpc) is 3.33. The fourth-order valence-corrected chi connectivity index (χ4v) is 6.39. The molecule has 0 amide bonds. The van der Waals surface area contributed by atoms with Gasteiger partial charge in [0, 0.05) is 28.8 Å². The summed E-state index contributed by atoms with van der Waals surface area (Å²) in [6, 6.07) is 22.2. The number of fused-ring (bicyclic) bond motifs is 3. The summed E-state index contributed by atoms with van der Waals surface area (Å²) in [5, 5.41) is 20.2. The molecule has 37 heavy (non-hydrogen) atoms. The smallest absolute Gasteiger partial charge is 0.151 e. The van der Waals surface area contributed by atoms with E-state index < -0.39 is 0 Å². The van der Waals surface area contributed by atoms with E-state index in [4.69, 9.17) is 4.98 Å². The highest BCUT2D eigenvalue weighted by Crippen LogP contribution is 2.49. The lowest BCUT2D eigenvalue weighted by molar-refractivity contribution is 0.200. The molecular weight excluding hydrogens is 456 g/mol. The van der Waals surface area contributed by atoms with E-state index in [0.29, 0.717) is 17.9 Å². The van der Waals surface area contributed by atoms with E-state index in [9.17, 15) is 5.11 Å². The Morgan fingerprint density at radius 3 is 2.43 bits per heavy atom. The van der Waals surface area contributed by atoms with Gasteiger partial charge in [-0.3, -0.25) is 10.1 Å². The van der Waals surface area contributed by atoms with Gasteiger partial charge in [-0.2, -0.15) is 5.10 Å². The third kappa shape index (κ3) is 4.36. The number of nitrogens with one attached hydrogen (secondary N) is 2. The molecule has 6 rings (SSSR count). The zero-order valence-electron chi connectivity index (χ0n) is 21.8. The molecule has 2 aromatic heterocycles. The number of aliphatic hydroxyl groups excluding tert-OH is 1. The van der Waals surface area contributed by atoms with Crippen molar-refractivity contribution in [3.63, 3.8) is 0 Å². The maximum absolute atomic E-state index is 9.23. The van der Waals surface area contributed by atoms with Crippen molar-refractivity contribution in [2.45, 2.75) is 57.8 Å². The maximum Gasteiger partial charge on any atom is 0.151 e. The monoisotopic (exact) mass is 492 g/mol. The Bertz CT molecular complexity index is 1380. The fraction of sp³-hybridized carbons (Fsp3) is 0.375. The average molecular weight is 493 g/mol. The number of rotatable bonds is 8. The molecule has 2 heterocycles. The molecule has 2 aromatic carbocycles. The first-order valence-corrected chi connectivity index (χ1v) is 13.7. The summed E-state index contributed by atoms with van der Waals surface area (Å²) in [5.74, 6) is 1.54. The first kappa shape index (κ1) is 23.9. The molecule has 5 heteroatoms. The minimum Gasteiger partial charge on any atom is -0.395 e. The Morgan fingerprint density at radius 1 is 0.973 bits per heavy atom. The van der Waals surface area contributed by atoms with Crippen LogP contribution in [0.3, 0.4) is 0 Å². The molecule has 2 aliphatic carbocycles. The zero-order chi connectivity index (χ0) is 25.4. The molecular formula is C32H36N4O. The lowest BCUT2D eigenvalue weighted by atomic mass is 9.61. The predicted molar refractivity (Wildman–Crippen MR) is 151 cm³/mol. The zero-order valence-corrected chi connectivity index (χ0v) is 21.8. The van der Waals surface area contributed by atoms with E-state index in [2.05, 4.69) is 90.0 Å². The molecule has 0 bridgehead atoms. The van der Waals surface area contributed by atoms with Gasteiger partial charge in [0.1, 0.15) is 0 Å². The summed E-state index contributed by atoms with van der Waals surface area (Å²) in [6.07, 6.45) is 6.96. The first-order valence-electron chi connectivity index (χ1n) is 13.7. The summed E-state index contributed by atoms with van der Waals surface area (Å²) in [4.78, 5) is 5.30. The number of aromatic nitrogens is 3. The van der Waals surface area contributed by atoms with Crippen molar-refractivity contribution in [3.8, 4) is 33.6 Å². The second kappa shape index (κ2) is 9.79. The Balaban J connectivity index is 1.43. The van der Waals surface area contributed by atoms with Crippen molar-refractivity contribution in [1.82, 2.24) is 15.2 Å². The van der Waals surface area contributed by atoms with Gasteiger partial charge in [0.05, 0.1) is 23.7 Å². The number of aliphatic hydroxyl groups is 1. The Labute approximate surface area is 219 Å². The van der Waals surface area contributed by atoms with E-state index in [1.165, 1.54) is 42.4 Å². The molecule has 3 N–H and O–H groups in total. The molecule has 190 valence electrons. The van der Waals surface area contributed by atoms with Crippen LogP contribution in [-0.2, 0) is 18.3 Å². The molecule has 0 spiro atoms. The van der Waals surface area contributed by atoms with Gasteiger partial charge in [-0.15, -0.1) is 0 Å². The molecule has 0 aliphatic heterocycles. The summed E-state index contributed by atoms with van der Waals surface area (Å²) in [7, 11) is 0.